The van der Waals surface area contributed by atoms with E-state index in [2.05, 4.69) is 31.5 Å². The zero-order chi connectivity index (χ0) is 15.2. The monoisotopic (exact) mass is 349 g/mol. The van der Waals surface area contributed by atoms with Crippen molar-refractivity contribution in [2.45, 2.75) is 13.0 Å². The van der Waals surface area contributed by atoms with Gasteiger partial charge in [0.25, 0.3) is 0 Å². The minimum absolute atomic E-state index is 0.102. The molecule has 0 saturated heterocycles. The number of urea groups is 1. The Balaban J connectivity index is 1.97. The Bertz CT molecular complexity index is 620. The first kappa shape index (κ1) is 15.3. The van der Waals surface area contributed by atoms with E-state index >= 15 is 0 Å². The van der Waals surface area contributed by atoms with E-state index in [0.29, 0.717) is 11.4 Å². The lowest BCUT2D eigenvalue weighted by Gasteiger charge is -2.15. The minimum atomic E-state index is -0.267. The van der Waals surface area contributed by atoms with E-state index in [-0.39, 0.29) is 12.1 Å². The Labute approximate surface area is 131 Å². The highest BCUT2D eigenvalue weighted by atomic mass is 79.9. The summed E-state index contributed by atoms with van der Waals surface area (Å²) in [5.74, 6) is 0.714. The number of hydrogen-bond donors (Lipinski definition) is 2. The number of hydrogen-bond acceptors (Lipinski definition) is 3. The van der Waals surface area contributed by atoms with Gasteiger partial charge in [-0.2, -0.15) is 0 Å². The number of anilines is 1. The fourth-order valence-corrected chi connectivity index (χ4v) is 2.38. The predicted octanol–water partition coefficient (Wildman–Crippen LogP) is 3.74. The highest BCUT2D eigenvalue weighted by molar-refractivity contribution is 9.10. The van der Waals surface area contributed by atoms with Crippen LogP contribution in [0, 0.1) is 0 Å². The van der Waals surface area contributed by atoms with Crippen LogP contribution in [-0.4, -0.2) is 18.1 Å². The van der Waals surface area contributed by atoms with Crippen molar-refractivity contribution in [3.8, 4) is 5.75 Å². The molecule has 0 saturated carbocycles. The smallest absolute Gasteiger partial charge is 0.319 e. The van der Waals surface area contributed by atoms with Crippen molar-refractivity contribution in [1.82, 2.24) is 10.3 Å². The fourth-order valence-electron chi connectivity index (χ4n) is 1.84. The Hall–Kier alpha value is -2.08. The van der Waals surface area contributed by atoms with Gasteiger partial charge in [-0.05, 0) is 58.7 Å². The molecule has 110 valence electrons. The summed E-state index contributed by atoms with van der Waals surface area (Å²) in [6.07, 6.45) is 3.40. The van der Waals surface area contributed by atoms with Gasteiger partial charge >= 0.3 is 6.03 Å². The van der Waals surface area contributed by atoms with Crippen molar-refractivity contribution in [3.05, 3.63) is 52.8 Å². The van der Waals surface area contributed by atoms with E-state index in [9.17, 15) is 4.79 Å². The molecule has 0 aliphatic heterocycles. The minimum Gasteiger partial charge on any atom is -0.496 e. The molecule has 0 aliphatic rings. The quantitative estimate of drug-likeness (QED) is 0.883. The third-order valence-corrected chi connectivity index (χ3v) is 3.58. The van der Waals surface area contributed by atoms with Gasteiger partial charge in [-0.3, -0.25) is 4.98 Å². The van der Waals surface area contributed by atoms with Crippen LogP contribution in [0.2, 0.25) is 0 Å². The average molecular weight is 350 g/mol. The van der Waals surface area contributed by atoms with E-state index in [1.54, 1.807) is 37.7 Å². The number of ether oxygens (including phenoxy) is 1. The first-order valence-corrected chi connectivity index (χ1v) is 7.20. The van der Waals surface area contributed by atoms with Crippen molar-refractivity contribution in [3.63, 3.8) is 0 Å². The van der Waals surface area contributed by atoms with Gasteiger partial charge in [0.15, 0.2) is 0 Å². The molecule has 1 heterocycles. The first-order valence-electron chi connectivity index (χ1n) is 6.41. The van der Waals surface area contributed by atoms with Crippen LogP contribution in [0.4, 0.5) is 10.5 Å². The lowest BCUT2D eigenvalue weighted by molar-refractivity contribution is 0.249. The van der Waals surface area contributed by atoms with Crippen LogP contribution in [0.3, 0.4) is 0 Å². The van der Waals surface area contributed by atoms with E-state index in [1.165, 1.54) is 0 Å². The van der Waals surface area contributed by atoms with Gasteiger partial charge in [-0.15, -0.1) is 0 Å². The number of aromatic nitrogens is 1. The van der Waals surface area contributed by atoms with Crippen molar-refractivity contribution < 1.29 is 9.53 Å². The van der Waals surface area contributed by atoms with Crippen LogP contribution >= 0.6 is 15.9 Å². The Morgan fingerprint density at radius 3 is 2.62 bits per heavy atom. The van der Waals surface area contributed by atoms with Gasteiger partial charge in [-0.1, -0.05) is 0 Å². The number of methoxy groups -OCH3 is 1. The molecule has 0 bridgehead atoms. The molecule has 0 fully saturated rings. The molecule has 0 spiro atoms. The van der Waals surface area contributed by atoms with Crippen LogP contribution < -0.4 is 15.4 Å². The second-order valence-electron chi connectivity index (χ2n) is 4.45. The topological polar surface area (TPSA) is 63.2 Å². The maximum absolute atomic E-state index is 12.0. The zero-order valence-electron chi connectivity index (χ0n) is 11.8. The molecule has 0 radical (unpaired) electrons. The summed E-state index contributed by atoms with van der Waals surface area (Å²) in [5.41, 5.74) is 1.68. The molecule has 5 nitrogen and oxygen atoms in total. The summed E-state index contributed by atoms with van der Waals surface area (Å²) in [4.78, 5) is 15.9. The fraction of sp³-hybridized carbons (Fsp3) is 0.200. The molecule has 21 heavy (non-hydrogen) atoms. The summed E-state index contributed by atoms with van der Waals surface area (Å²) in [7, 11) is 1.59. The number of carbonyl (C=O) groups is 1. The molecule has 1 atom stereocenters. The van der Waals surface area contributed by atoms with Crippen molar-refractivity contribution in [1.29, 1.82) is 0 Å². The molecular weight excluding hydrogens is 334 g/mol. The highest BCUT2D eigenvalue weighted by Crippen LogP contribution is 2.27. The number of carbonyl (C=O) groups excluding carboxylic acids is 1. The lowest BCUT2D eigenvalue weighted by atomic mass is 10.1. The number of halogens is 1. The molecule has 2 aromatic rings. The van der Waals surface area contributed by atoms with E-state index in [1.807, 2.05) is 19.1 Å². The summed E-state index contributed by atoms with van der Waals surface area (Å²) in [6.45, 7) is 1.92. The largest absolute Gasteiger partial charge is 0.496 e. The van der Waals surface area contributed by atoms with Gasteiger partial charge < -0.3 is 15.4 Å². The van der Waals surface area contributed by atoms with Gasteiger partial charge in [0.2, 0.25) is 0 Å². The van der Waals surface area contributed by atoms with Gasteiger partial charge in [0.1, 0.15) is 5.75 Å². The highest BCUT2D eigenvalue weighted by Gasteiger charge is 2.10. The van der Waals surface area contributed by atoms with E-state index < -0.39 is 0 Å². The standard InChI is InChI=1S/C15H16BrN3O2/c1-10(11-5-7-17-8-6-11)18-15(20)19-12-3-4-14(21-2)13(16)9-12/h3-10H,1-2H3,(H2,18,19,20). The van der Waals surface area contributed by atoms with E-state index in [0.717, 1.165) is 10.0 Å². The lowest BCUT2D eigenvalue weighted by Crippen LogP contribution is -2.31. The summed E-state index contributed by atoms with van der Waals surface area (Å²) in [5, 5.41) is 5.65. The van der Waals surface area contributed by atoms with Crippen molar-refractivity contribution >= 4 is 27.6 Å². The molecule has 6 heteroatoms. The number of pyridine rings is 1. The molecule has 1 aromatic carbocycles. The maximum atomic E-state index is 12.0. The number of rotatable bonds is 4. The van der Waals surface area contributed by atoms with Crippen LogP contribution in [0.25, 0.3) is 0 Å². The van der Waals surface area contributed by atoms with E-state index in [4.69, 9.17) is 4.74 Å². The van der Waals surface area contributed by atoms with Gasteiger partial charge in [-0.25, -0.2) is 4.79 Å². The molecular formula is C15H16BrN3O2. The summed E-state index contributed by atoms with van der Waals surface area (Å²) >= 11 is 3.38. The number of amides is 2. The molecule has 1 unspecified atom stereocenters. The van der Waals surface area contributed by atoms with Crippen LogP contribution in [0.1, 0.15) is 18.5 Å². The molecule has 2 N–H and O–H groups in total. The van der Waals surface area contributed by atoms with Crippen LogP contribution in [0.15, 0.2) is 47.2 Å². The molecule has 0 aliphatic carbocycles. The maximum Gasteiger partial charge on any atom is 0.319 e. The Kier molecular flexibility index (Phi) is 5.16. The van der Waals surface area contributed by atoms with Crippen LogP contribution in [-0.2, 0) is 0 Å². The second-order valence-corrected chi connectivity index (χ2v) is 5.30. The first-order chi connectivity index (χ1) is 10.1. The molecule has 1 aromatic heterocycles. The van der Waals surface area contributed by atoms with Crippen molar-refractivity contribution in [2.24, 2.45) is 0 Å². The van der Waals surface area contributed by atoms with Crippen LogP contribution in [0.5, 0.6) is 5.75 Å². The number of nitrogens with one attached hydrogen (secondary N) is 2. The SMILES string of the molecule is COc1ccc(NC(=O)NC(C)c2ccncc2)cc1Br. The zero-order valence-corrected chi connectivity index (χ0v) is 13.3. The summed E-state index contributed by atoms with van der Waals surface area (Å²) < 4.78 is 5.93. The number of nitrogens with zero attached hydrogens (tertiary/aromatic N) is 1. The third kappa shape index (κ3) is 4.19. The molecule has 2 rings (SSSR count). The normalized spacial score (nSPS) is 11.6. The van der Waals surface area contributed by atoms with Gasteiger partial charge in [0, 0.05) is 18.1 Å². The van der Waals surface area contributed by atoms with Crippen molar-refractivity contribution in [2.75, 3.05) is 12.4 Å². The third-order valence-electron chi connectivity index (χ3n) is 2.96. The average Bonchev–Trinajstić information content (AvgIpc) is 2.48. The number of benzene rings is 1. The Morgan fingerprint density at radius 2 is 2.00 bits per heavy atom. The second kappa shape index (κ2) is 7.08. The molecule has 2 amide bonds. The van der Waals surface area contributed by atoms with Gasteiger partial charge in [0.05, 0.1) is 17.6 Å². The summed E-state index contributed by atoms with van der Waals surface area (Å²) in [6, 6.07) is 8.72. The Morgan fingerprint density at radius 1 is 1.29 bits per heavy atom. The predicted molar refractivity (Wildman–Crippen MR) is 85.5 cm³/mol.